The maximum atomic E-state index is 9.55. The van der Waals surface area contributed by atoms with Crippen LogP contribution >= 0.6 is 0 Å². The van der Waals surface area contributed by atoms with Crippen molar-refractivity contribution in [3.05, 3.63) is 0 Å². The number of aliphatic hydroxyl groups excluding tert-OH is 2. The van der Waals surface area contributed by atoms with Gasteiger partial charge in [-0.1, -0.05) is 13.8 Å². The van der Waals surface area contributed by atoms with Gasteiger partial charge in [0.1, 0.15) is 0 Å². The minimum Gasteiger partial charge on any atom is -0.393 e. The molecule has 66 valence electrons. The zero-order chi connectivity index (χ0) is 8.43. The van der Waals surface area contributed by atoms with Gasteiger partial charge in [-0.2, -0.15) is 0 Å². The second kappa shape index (κ2) is 3.55. The molecule has 0 aromatic rings. The smallest absolute Gasteiger partial charge is 0.0595 e. The summed E-state index contributed by atoms with van der Waals surface area (Å²) in [6.07, 6.45) is 1.86. The van der Waals surface area contributed by atoms with Gasteiger partial charge in [-0.3, -0.25) is 0 Å². The van der Waals surface area contributed by atoms with Crippen LogP contribution in [-0.2, 0) is 0 Å². The average molecular weight is 158 g/mol. The molecule has 0 aromatic carbocycles. The number of rotatable bonds is 1. The Hall–Kier alpha value is -0.0800. The lowest BCUT2D eigenvalue weighted by Gasteiger charge is -2.33. The van der Waals surface area contributed by atoms with E-state index in [1.807, 2.05) is 0 Å². The first kappa shape index (κ1) is 9.01. The van der Waals surface area contributed by atoms with Crippen LogP contribution in [0.1, 0.15) is 33.1 Å². The Morgan fingerprint density at radius 2 is 1.82 bits per heavy atom. The Bertz CT molecular complexity index is 123. The SMILES string of the molecule is CC(C)[C@@H]1CC[C@H](O)C[C@@H]1O. The third-order valence-electron chi connectivity index (χ3n) is 2.70. The lowest BCUT2D eigenvalue weighted by Crippen LogP contribution is -2.34. The molecule has 1 rings (SSSR count). The molecule has 1 aliphatic carbocycles. The Morgan fingerprint density at radius 3 is 2.27 bits per heavy atom. The fourth-order valence-corrected chi connectivity index (χ4v) is 1.93. The summed E-state index contributed by atoms with van der Waals surface area (Å²) >= 11 is 0. The van der Waals surface area contributed by atoms with E-state index < -0.39 is 0 Å². The van der Waals surface area contributed by atoms with Crippen LogP contribution in [0.25, 0.3) is 0 Å². The van der Waals surface area contributed by atoms with Crippen molar-refractivity contribution in [3.8, 4) is 0 Å². The highest BCUT2D eigenvalue weighted by atomic mass is 16.3. The van der Waals surface area contributed by atoms with Crippen molar-refractivity contribution in [3.63, 3.8) is 0 Å². The predicted molar refractivity (Wildman–Crippen MR) is 44.2 cm³/mol. The standard InChI is InChI=1S/C9H18O2/c1-6(2)8-4-3-7(10)5-9(8)11/h6-11H,3-5H2,1-2H3/t7-,8-,9-/m0/s1. The van der Waals surface area contributed by atoms with Crippen molar-refractivity contribution in [1.29, 1.82) is 0 Å². The monoisotopic (exact) mass is 158 g/mol. The van der Waals surface area contributed by atoms with Crippen molar-refractivity contribution in [2.75, 3.05) is 0 Å². The Balaban J connectivity index is 2.44. The third kappa shape index (κ3) is 2.17. The summed E-state index contributed by atoms with van der Waals surface area (Å²) in [5, 5.41) is 18.8. The Morgan fingerprint density at radius 1 is 1.18 bits per heavy atom. The molecule has 11 heavy (non-hydrogen) atoms. The molecular formula is C9H18O2. The fourth-order valence-electron chi connectivity index (χ4n) is 1.93. The summed E-state index contributed by atoms with van der Waals surface area (Å²) in [5.41, 5.74) is 0. The zero-order valence-corrected chi connectivity index (χ0v) is 7.33. The summed E-state index contributed by atoms with van der Waals surface area (Å²) < 4.78 is 0. The highest BCUT2D eigenvalue weighted by molar-refractivity contribution is 4.80. The maximum Gasteiger partial charge on any atom is 0.0595 e. The number of hydrogen-bond donors (Lipinski definition) is 2. The van der Waals surface area contributed by atoms with E-state index in [-0.39, 0.29) is 12.2 Å². The normalized spacial score (nSPS) is 39.5. The largest absolute Gasteiger partial charge is 0.393 e. The van der Waals surface area contributed by atoms with Crippen LogP contribution in [0, 0.1) is 11.8 Å². The molecule has 0 heterocycles. The molecule has 2 N–H and O–H groups in total. The molecule has 0 bridgehead atoms. The minimum absolute atomic E-state index is 0.264. The van der Waals surface area contributed by atoms with Gasteiger partial charge in [-0.05, 0) is 31.1 Å². The molecule has 0 amide bonds. The van der Waals surface area contributed by atoms with Gasteiger partial charge in [0.2, 0.25) is 0 Å². The van der Waals surface area contributed by atoms with E-state index in [2.05, 4.69) is 13.8 Å². The summed E-state index contributed by atoms with van der Waals surface area (Å²) in [6, 6.07) is 0. The fraction of sp³-hybridized carbons (Fsp3) is 1.00. The predicted octanol–water partition coefficient (Wildman–Crippen LogP) is 1.16. The van der Waals surface area contributed by atoms with Gasteiger partial charge in [0.05, 0.1) is 12.2 Å². The third-order valence-corrected chi connectivity index (χ3v) is 2.70. The van der Waals surface area contributed by atoms with Crippen molar-refractivity contribution in [1.82, 2.24) is 0 Å². The molecule has 0 unspecified atom stereocenters. The van der Waals surface area contributed by atoms with E-state index >= 15 is 0 Å². The maximum absolute atomic E-state index is 9.55. The Labute approximate surface area is 68.2 Å². The van der Waals surface area contributed by atoms with Crippen molar-refractivity contribution < 1.29 is 10.2 Å². The van der Waals surface area contributed by atoms with E-state index in [0.29, 0.717) is 18.3 Å². The van der Waals surface area contributed by atoms with Crippen LogP contribution in [0.2, 0.25) is 0 Å². The molecular weight excluding hydrogens is 140 g/mol. The van der Waals surface area contributed by atoms with Gasteiger partial charge < -0.3 is 10.2 Å². The Kier molecular flexibility index (Phi) is 2.90. The van der Waals surface area contributed by atoms with E-state index in [4.69, 9.17) is 0 Å². The van der Waals surface area contributed by atoms with Crippen LogP contribution in [0.3, 0.4) is 0 Å². The van der Waals surface area contributed by atoms with Crippen molar-refractivity contribution in [2.45, 2.75) is 45.3 Å². The molecule has 3 atom stereocenters. The number of aliphatic hydroxyl groups is 2. The van der Waals surface area contributed by atoms with Crippen LogP contribution in [0.4, 0.5) is 0 Å². The summed E-state index contributed by atoms with van der Waals surface area (Å²) in [5.74, 6) is 0.941. The first-order valence-electron chi connectivity index (χ1n) is 4.47. The first-order chi connectivity index (χ1) is 5.11. The van der Waals surface area contributed by atoms with Gasteiger partial charge in [0, 0.05) is 0 Å². The highest BCUT2D eigenvalue weighted by Crippen LogP contribution is 2.30. The van der Waals surface area contributed by atoms with E-state index in [1.165, 1.54) is 0 Å². The molecule has 1 saturated carbocycles. The van der Waals surface area contributed by atoms with Crippen LogP contribution in [0.5, 0.6) is 0 Å². The molecule has 2 heteroatoms. The second-order valence-corrected chi connectivity index (χ2v) is 3.94. The first-order valence-corrected chi connectivity index (χ1v) is 4.47. The van der Waals surface area contributed by atoms with E-state index in [9.17, 15) is 10.2 Å². The molecule has 0 radical (unpaired) electrons. The van der Waals surface area contributed by atoms with Crippen LogP contribution in [0.15, 0.2) is 0 Å². The molecule has 0 spiro atoms. The molecule has 2 nitrogen and oxygen atoms in total. The van der Waals surface area contributed by atoms with Crippen LogP contribution in [-0.4, -0.2) is 22.4 Å². The topological polar surface area (TPSA) is 40.5 Å². The molecule has 0 aromatic heterocycles. The molecule has 1 aliphatic rings. The van der Waals surface area contributed by atoms with Gasteiger partial charge in [-0.15, -0.1) is 0 Å². The van der Waals surface area contributed by atoms with Gasteiger partial charge in [0.15, 0.2) is 0 Å². The summed E-state index contributed by atoms with van der Waals surface area (Å²) in [6.45, 7) is 4.26. The van der Waals surface area contributed by atoms with Crippen molar-refractivity contribution in [2.24, 2.45) is 11.8 Å². The second-order valence-electron chi connectivity index (χ2n) is 3.94. The van der Waals surface area contributed by atoms with Gasteiger partial charge in [-0.25, -0.2) is 0 Å². The lowest BCUT2D eigenvalue weighted by atomic mass is 9.78. The average Bonchev–Trinajstić information content (AvgIpc) is 1.85. The van der Waals surface area contributed by atoms with Crippen molar-refractivity contribution >= 4 is 0 Å². The quantitative estimate of drug-likeness (QED) is 0.601. The zero-order valence-electron chi connectivity index (χ0n) is 7.33. The molecule has 0 saturated heterocycles. The summed E-state index contributed by atoms with van der Waals surface area (Å²) in [4.78, 5) is 0. The molecule has 1 fully saturated rings. The van der Waals surface area contributed by atoms with Crippen LogP contribution < -0.4 is 0 Å². The summed E-state index contributed by atoms with van der Waals surface area (Å²) in [7, 11) is 0. The van der Waals surface area contributed by atoms with E-state index in [1.54, 1.807) is 0 Å². The lowest BCUT2D eigenvalue weighted by molar-refractivity contribution is -0.0142. The number of hydrogen-bond acceptors (Lipinski definition) is 2. The van der Waals surface area contributed by atoms with Gasteiger partial charge >= 0.3 is 0 Å². The van der Waals surface area contributed by atoms with Gasteiger partial charge in [0.25, 0.3) is 0 Å². The highest BCUT2D eigenvalue weighted by Gasteiger charge is 2.29. The minimum atomic E-state index is -0.279. The molecule has 0 aliphatic heterocycles. The van der Waals surface area contributed by atoms with E-state index in [0.717, 1.165) is 12.8 Å².